The summed E-state index contributed by atoms with van der Waals surface area (Å²) in [6.45, 7) is 2.15. The van der Waals surface area contributed by atoms with Gasteiger partial charge in [0.1, 0.15) is 10.8 Å². The molecule has 0 fully saturated rings. The van der Waals surface area contributed by atoms with Gasteiger partial charge in [-0.2, -0.15) is 0 Å². The van der Waals surface area contributed by atoms with E-state index in [0.717, 1.165) is 35.4 Å². The van der Waals surface area contributed by atoms with Crippen LogP contribution in [0.15, 0.2) is 24.3 Å². The molecule has 3 aromatic rings. The number of carbonyl (C=O) groups is 1. The van der Waals surface area contributed by atoms with Gasteiger partial charge in [-0.1, -0.05) is 37.2 Å². The summed E-state index contributed by atoms with van der Waals surface area (Å²) in [6.07, 6.45) is 4.28. The largest absolute Gasteiger partial charge is 0.296 e. The van der Waals surface area contributed by atoms with E-state index in [4.69, 9.17) is 0 Å². The van der Waals surface area contributed by atoms with Gasteiger partial charge in [0.25, 0.3) is 5.91 Å². The summed E-state index contributed by atoms with van der Waals surface area (Å²) in [7, 11) is 0. The number of hydrogen-bond acceptors (Lipinski definition) is 5. The molecule has 0 aliphatic heterocycles. The highest BCUT2D eigenvalue weighted by Crippen LogP contribution is 2.28. The third-order valence-corrected chi connectivity index (χ3v) is 5.41. The molecule has 23 heavy (non-hydrogen) atoms. The average Bonchev–Trinajstić information content (AvgIpc) is 3.15. The van der Waals surface area contributed by atoms with Crippen LogP contribution in [0.25, 0.3) is 10.1 Å². The lowest BCUT2D eigenvalue weighted by Crippen LogP contribution is -2.09. The Balaban J connectivity index is 1.69. The Bertz CT molecular complexity index is 828. The van der Waals surface area contributed by atoms with Gasteiger partial charge in [-0.15, -0.1) is 21.5 Å². The lowest BCUT2D eigenvalue weighted by molar-refractivity contribution is 0.103. The van der Waals surface area contributed by atoms with Gasteiger partial charge in [0.05, 0.1) is 4.88 Å². The van der Waals surface area contributed by atoms with Crippen LogP contribution in [0.5, 0.6) is 0 Å². The number of rotatable bonds is 6. The van der Waals surface area contributed by atoms with E-state index in [1.54, 1.807) is 18.2 Å². The molecule has 0 saturated carbocycles. The SMILES string of the molecule is CCCCCc1nnc(NC(=O)c2cc3c(F)cccc3s2)s1. The van der Waals surface area contributed by atoms with Gasteiger partial charge >= 0.3 is 0 Å². The molecule has 1 N–H and O–H groups in total. The Labute approximate surface area is 141 Å². The number of aromatic nitrogens is 2. The molecule has 2 heterocycles. The lowest BCUT2D eigenvalue weighted by atomic mass is 10.2. The number of nitrogens with one attached hydrogen (secondary N) is 1. The molecule has 1 amide bonds. The molecule has 7 heteroatoms. The molecule has 0 aliphatic rings. The van der Waals surface area contributed by atoms with Crippen molar-refractivity contribution in [1.82, 2.24) is 10.2 Å². The number of hydrogen-bond donors (Lipinski definition) is 1. The highest BCUT2D eigenvalue weighted by molar-refractivity contribution is 7.21. The highest BCUT2D eigenvalue weighted by atomic mass is 32.1. The van der Waals surface area contributed by atoms with Crippen LogP contribution in [-0.4, -0.2) is 16.1 Å². The highest BCUT2D eigenvalue weighted by Gasteiger charge is 2.14. The van der Waals surface area contributed by atoms with E-state index >= 15 is 0 Å². The van der Waals surface area contributed by atoms with Crippen LogP contribution in [0.4, 0.5) is 9.52 Å². The summed E-state index contributed by atoms with van der Waals surface area (Å²) < 4.78 is 14.5. The number of unbranched alkanes of at least 4 members (excludes halogenated alkanes) is 2. The molecule has 0 atom stereocenters. The maximum Gasteiger partial charge on any atom is 0.267 e. The first-order chi connectivity index (χ1) is 11.2. The number of aryl methyl sites for hydroxylation is 1. The van der Waals surface area contributed by atoms with Gasteiger partial charge in [0.15, 0.2) is 0 Å². The minimum absolute atomic E-state index is 0.276. The van der Waals surface area contributed by atoms with Crippen molar-refractivity contribution in [2.75, 3.05) is 5.32 Å². The molecule has 2 aromatic heterocycles. The number of amides is 1. The summed E-state index contributed by atoms with van der Waals surface area (Å²) in [5.41, 5.74) is 0. The topological polar surface area (TPSA) is 54.9 Å². The number of fused-ring (bicyclic) bond motifs is 1. The van der Waals surface area contributed by atoms with Crippen molar-refractivity contribution in [2.45, 2.75) is 32.6 Å². The first-order valence-corrected chi connectivity index (χ1v) is 9.12. The van der Waals surface area contributed by atoms with Gasteiger partial charge in [-0.05, 0) is 24.6 Å². The maximum absolute atomic E-state index is 13.7. The van der Waals surface area contributed by atoms with Crippen molar-refractivity contribution in [3.05, 3.63) is 40.0 Å². The van der Waals surface area contributed by atoms with Gasteiger partial charge in [-0.25, -0.2) is 4.39 Å². The molecule has 0 spiro atoms. The molecule has 0 unspecified atom stereocenters. The number of halogens is 1. The Morgan fingerprint density at radius 3 is 2.91 bits per heavy atom. The van der Waals surface area contributed by atoms with Gasteiger partial charge in [-0.3, -0.25) is 10.1 Å². The quantitative estimate of drug-likeness (QED) is 0.646. The molecule has 120 valence electrons. The van der Waals surface area contributed by atoms with E-state index in [0.29, 0.717) is 15.4 Å². The minimum Gasteiger partial charge on any atom is -0.296 e. The summed E-state index contributed by atoms with van der Waals surface area (Å²) in [5, 5.41) is 12.7. The van der Waals surface area contributed by atoms with Crippen molar-refractivity contribution in [3.63, 3.8) is 0 Å². The van der Waals surface area contributed by atoms with Crippen LogP contribution in [0.1, 0.15) is 40.9 Å². The van der Waals surface area contributed by atoms with Crippen molar-refractivity contribution < 1.29 is 9.18 Å². The average molecular weight is 349 g/mol. The third-order valence-electron chi connectivity index (χ3n) is 3.41. The maximum atomic E-state index is 13.7. The molecular formula is C16H16FN3OS2. The number of thiophene rings is 1. The van der Waals surface area contributed by atoms with Crippen LogP contribution < -0.4 is 5.32 Å². The van der Waals surface area contributed by atoms with Crippen molar-refractivity contribution in [3.8, 4) is 0 Å². The van der Waals surface area contributed by atoms with Gasteiger partial charge < -0.3 is 0 Å². The van der Waals surface area contributed by atoms with E-state index in [9.17, 15) is 9.18 Å². The van der Waals surface area contributed by atoms with Crippen LogP contribution in [-0.2, 0) is 6.42 Å². The van der Waals surface area contributed by atoms with Crippen molar-refractivity contribution in [1.29, 1.82) is 0 Å². The van der Waals surface area contributed by atoms with Crippen molar-refractivity contribution >= 4 is 43.8 Å². The zero-order chi connectivity index (χ0) is 16.2. The summed E-state index contributed by atoms with van der Waals surface area (Å²) >= 11 is 2.66. The molecule has 4 nitrogen and oxygen atoms in total. The summed E-state index contributed by atoms with van der Waals surface area (Å²) in [5.74, 6) is -0.589. The number of carbonyl (C=O) groups excluding carboxylic acids is 1. The minimum atomic E-state index is -0.313. The van der Waals surface area contributed by atoms with Crippen LogP contribution >= 0.6 is 22.7 Å². The van der Waals surface area contributed by atoms with Crippen molar-refractivity contribution in [2.24, 2.45) is 0 Å². The van der Waals surface area contributed by atoms with E-state index in [2.05, 4.69) is 22.4 Å². The Kier molecular flexibility index (Phi) is 4.97. The van der Waals surface area contributed by atoms with E-state index < -0.39 is 0 Å². The van der Waals surface area contributed by atoms with E-state index in [1.807, 2.05) is 0 Å². The molecular weight excluding hydrogens is 333 g/mol. The monoisotopic (exact) mass is 349 g/mol. The smallest absolute Gasteiger partial charge is 0.267 e. The molecule has 1 aromatic carbocycles. The first-order valence-electron chi connectivity index (χ1n) is 7.49. The van der Waals surface area contributed by atoms with Crippen LogP contribution in [0.2, 0.25) is 0 Å². The third kappa shape index (κ3) is 3.73. The normalized spacial score (nSPS) is 11.0. The molecule has 0 saturated heterocycles. The van der Waals surface area contributed by atoms with E-state index in [1.165, 1.54) is 28.7 Å². The Morgan fingerprint density at radius 1 is 1.26 bits per heavy atom. The van der Waals surface area contributed by atoms with Gasteiger partial charge in [0.2, 0.25) is 5.13 Å². The zero-order valence-corrected chi connectivity index (χ0v) is 14.3. The number of nitrogens with zero attached hydrogens (tertiary/aromatic N) is 2. The Morgan fingerprint density at radius 2 is 2.13 bits per heavy atom. The predicted octanol–water partition coefficient (Wildman–Crippen LogP) is 4.88. The number of anilines is 1. The van der Waals surface area contributed by atoms with Gasteiger partial charge in [0, 0.05) is 16.5 Å². The lowest BCUT2D eigenvalue weighted by Gasteiger charge is -1.96. The second-order valence-corrected chi connectivity index (χ2v) is 7.32. The summed E-state index contributed by atoms with van der Waals surface area (Å²) in [6, 6.07) is 6.41. The second-order valence-electron chi connectivity index (χ2n) is 5.17. The summed E-state index contributed by atoms with van der Waals surface area (Å²) in [4.78, 5) is 12.7. The van der Waals surface area contributed by atoms with Crippen LogP contribution in [0.3, 0.4) is 0 Å². The number of benzene rings is 1. The zero-order valence-electron chi connectivity index (χ0n) is 12.6. The second kappa shape index (κ2) is 7.14. The first kappa shape index (κ1) is 16.0. The molecule has 0 aliphatic carbocycles. The molecule has 0 bridgehead atoms. The molecule has 0 radical (unpaired) electrons. The standard InChI is InChI=1S/C16H16FN3OS2/c1-2-3-4-8-14-19-20-16(23-14)18-15(21)13-9-10-11(17)6-5-7-12(10)22-13/h5-7,9H,2-4,8H2,1H3,(H,18,20,21). The van der Waals surface area contributed by atoms with Crippen LogP contribution in [0, 0.1) is 5.82 Å². The predicted molar refractivity (Wildman–Crippen MR) is 92.9 cm³/mol. The fraction of sp³-hybridized carbons (Fsp3) is 0.312. The fourth-order valence-corrected chi connectivity index (χ4v) is 3.97. The fourth-order valence-electron chi connectivity index (χ4n) is 2.23. The molecule has 3 rings (SSSR count). The Hall–Kier alpha value is -1.86. The van der Waals surface area contributed by atoms with E-state index in [-0.39, 0.29) is 11.7 Å².